The van der Waals surface area contributed by atoms with E-state index in [9.17, 15) is 19.5 Å². The van der Waals surface area contributed by atoms with Crippen LogP contribution in [-0.2, 0) is 39.7 Å². The molecule has 3 saturated heterocycles. The number of alkyl halides is 1. The number of hydrazine groups is 1. The third-order valence-corrected chi connectivity index (χ3v) is 13.4. The van der Waals surface area contributed by atoms with Crippen molar-refractivity contribution in [3.05, 3.63) is 42.1 Å². The minimum Gasteiger partial charge on any atom is -0.456 e. The quantitative estimate of drug-likeness (QED) is 0.186. The van der Waals surface area contributed by atoms with E-state index in [1.807, 2.05) is 83.9 Å². The van der Waals surface area contributed by atoms with Crippen LogP contribution in [-0.4, -0.2) is 143 Å². The number of hydrogen-bond donors (Lipinski definition) is 2. The van der Waals surface area contributed by atoms with Crippen LogP contribution in [0.4, 0.5) is 9.18 Å². The van der Waals surface area contributed by atoms with Gasteiger partial charge in [0.05, 0.1) is 29.4 Å². The van der Waals surface area contributed by atoms with Crippen LogP contribution in [0.2, 0.25) is 0 Å². The number of aromatic nitrogens is 1. The molecule has 2 aromatic rings. The summed E-state index contributed by atoms with van der Waals surface area (Å²) in [4.78, 5) is 48.5. The van der Waals surface area contributed by atoms with Gasteiger partial charge in [0, 0.05) is 49.8 Å². The minimum atomic E-state index is -3.16. The van der Waals surface area contributed by atoms with Gasteiger partial charge in [0.15, 0.2) is 17.7 Å². The fraction of sp³-hybridized carbons (Fsp3) is 0.727. The summed E-state index contributed by atoms with van der Waals surface area (Å²) < 4.78 is 48.7. The number of likely N-dealkylation sites (N-methyl/N-ethyl adjacent to an activating group) is 1. The van der Waals surface area contributed by atoms with E-state index in [1.165, 1.54) is 18.9 Å². The maximum atomic E-state index is 17.0. The van der Waals surface area contributed by atoms with E-state index in [2.05, 4.69) is 4.98 Å². The first-order valence-electron chi connectivity index (χ1n) is 21.1. The van der Waals surface area contributed by atoms with Crippen molar-refractivity contribution in [1.29, 1.82) is 0 Å². The Hall–Kier alpha value is -3.31. The molecule has 2 unspecified atom stereocenters. The average molecular weight is 830 g/mol. The second-order valence-electron chi connectivity index (χ2n) is 18.0. The van der Waals surface area contributed by atoms with Gasteiger partial charge < -0.3 is 39.4 Å². The van der Waals surface area contributed by atoms with Crippen LogP contribution in [0, 0.1) is 17.8 Å². The molecule has 3 aliphatic heterocycles. The monoisotopic (exact) mass is 830 g/mol. The van der Waals surface area contributed by atoms with Crippen LogP contribution < -0.4 is 5.73 Å². The van der Waals surface area contributed by atoms with Crippen molar-refractivity contribution >= 4 is 28.7 Å². The van der Waals surface area contributed by atoms with Crippen molar-refractivity contribution in [2.24, 2.45) is 23.5 Å². The van der Waals surface area contributed by atoms with Crippen LogP contribution in [0.15, 0.2) is 36.5 Å². The summed E-state index contributed by atoms with van der Waals surface area (Å²) in [6, 6.07) is 8.19. The smallest absolute Gasteiger partial charge is 0.425 e. The largest absolute Gasteiger partial charge is 0.456 e. The van der Waals surface area contributed by atoms with E-state index in [0.717, 1.165) is 23.4 Å². The number of para-hydroxylation sites is 1. The number of nitrogens with zero attached hydrogens (tertiary/aromatic N) is 4. The molecule has 3 aliphatic rings. The molecule has 0 radical (unpaired) electrons. The highest BCUT2D eigenvalue weighted by Gasteiger charge is 2.62. The van der Waals surface area contributed by atoms with E-state index >= 15 is 4.39 Å². The van der Waals surface area contributed by atoms with Crippen molar-refractivity contribution in [3.63, 3.8) is 0 Å². The molecule has 5 rings (SSSR count). The molecule has 3 N–H and O–H groups in total. The van der Waals surface area contributed by atoms with E-state index in [-0.39, 0.29) is 31.1 Å². The molecule has 4 heterocycles. The molecule has 14 nitrogen and oxygen atoms in total. The molecule has 330 valence electrons. The zero-order valence-electron chi connectivity index (χ0n) is 37.0. The Morgan fingerprint density at radius 1 is 1.05 bits per heavy atom. The number of Topliss-reactive ketones (excluding diaryl/α,β-unsaturated/α-hetero) is 1. The third kappa shape index (κ3) is 9.31. The van der Waals surface area contributed by atoms with Crippen molar-refractivity contribution in [1.82, 2.24) is 19.9 Å². The fourth-order valence-corrected chi connectivity index (χ4v) is 9.57. The molecular weight excluding hydrogens is 762 g/mol. The Kier molecular flexibility index (Phi) is 14.5. The SMILES string of the molecule is CCN(C)N1C(=O)O[C@]2(C)[C@@H](C)OC(=O)C(C)(F)C(=O)[C@H](C)[C@@H](O[C@@H]3O[C@H](C)C[C@H](N(C)C)[C@H]3O)[C@@](C)(OCCCc3ccnc4ccccc34)C[C@@H](C)C(N)[C@H](C)[C@@H]12. The number of amides is 1. The number of esters is 1. The summed E-state index contributed by atoms with van der Waals surface area (Å²) in [7, 11) is 5.46. The van der Waals surface area contributed by atoms with Gasteiger partial charge in [-0.15, -0.1) is 0 Å². The van der Waals surface area contributed by atoms with Gasteiger partial charge >= 0.3 is 12.1 Å². The van der Waals surface area contributed by atoms with Crippen LogP contribution in [0.5, 0.6) is 0 Å². The van der Waals surface area contributed by atoms with Gasteiger partial charge in [-0.25, -0.2) is 24.0 Å². The number of carbonyl (C=O) groups is 3. The lowest BCUT2D eigenvalue weighted by molar-refractivity contribution is -0.298. The number of nitrogens with two attached hydrogens (primary N) is 1. The normalized spacial score (nSPS) is 39.0. The second kappa shape index (κ2) is 18.3. The Bertz CT molecular complexity index is 1800. The van der Waals surface area contributed by atoms with Crippen LogP contribution >= 0.6 is 0 Å². The van der Waals surface area contributed by atoms with Crippen molar-refractivity contribution in [3.8, 4) is 0 Å². The first-order chi connectivity index (χ1) is 27.6. The minimum absolute atomic E-state index is 0.208. The molecule has 0 saturated carbocycles. The van der Waals surface area contributed by atoms with Crippen LogP contribution in [0.1, 0.15) is 87.1 Å². The number of pyridine rings is 1. The second-order valence-corrected chi connectivity index (χ2v) is 18.0. The highest BCUT2D eigenvalue weighted by Crippen LogP contribution is 2.44. The Morgan fingerprint density at radius 2 is 1.73 bits per heavy atom. The highest BCUT2D eigenvalue weighted by atomic mass is 19.1. The molecule has 1 aromatic carbocycles. The van der Waals surface area contributed by atoms with Gasteiger partial charge in [-0.1, -0.05) is 45.9 Å². The third-order valence-electron chi connectivity index (χ3n) is 13.4. The van der Waals surface area contributed by atoms with E-state index in [4.69, 9.17) is 29.4 Å². The molecule has 1 amide bonds. The predicted molar refractivity (Wildman–Crippen MR) is 221 cm³/mol. The number of benzene rings is 1. The lowest BCUT2D eigenvalue weighted by Gasteiger charge is -2.48. The highest BCUT2D eigenvalue weighted by molar-refractivity contribution is 6.07. The number of rotatable bonds is 10. The fourth-order valence-electron chi connectivity index (χ4n) is 9.57. The number of hydrogen-bond acceptors (Lipinski definition) is 13. The number of ether oxygens (including phenoxy) is 5. The van der Waals surface area contributed by atoms with Crippen molar-refractivity contribution < 1.29 is 47.6 Å². The van der Waals surface area contributed by atoms with Gasteiger partial charge in [-0.2, -0.15) is 0 Å². The predicted octanol–water partition coefficient (Wildman–Crippen LogP) is 5.07. The van der Waals surface area contributed by atoms with Crippen molar-refractivity contribution in [2.75, 3.05) is 34.3 Å². The summed E-state index contributed by atoms with van der Waals surface area (Å²) in [6.45, 7) is 15.7. The average Bonchev–Trinajstić information content (AvgIpc) is 3.47. The Balaban J connectivity index is 1.59. The molecule has 3 fully saturated rings. The summed E-state index contributed by atoms with van der Waals surface area (Å²) in [6.07, 6.45) is -2.04. The Morgan fingerprint density at radius 3 is 2.39 bits per heavy atom. The lowest BCUT2D eigenvalue weighted by atomic mass is 9.72. The Labute approximate surface area is 349 Å². The maximum absolute atomic E-state index is 17.0. The summed E-state index contributed by atoms with van der Waals surface area (Å²) >= 11 is 0. The topological polar surface area (TPSA) is 166 Å². The maximum Gasteiger partial charge on any atom is 0.425 e. The number of halogens is 1. The van der Waals surface area contributed by atoms with Gasteiger partial charge in [-0.05, 0) is 104 Å². The molecule has 14 atom stereocenters. The number of aliphatic hydroxyl groups is 1. The zero-order valence-corrected chi connectivity index (χ0v) is 37.0. The van der Waals surface area contributed by atoms with Gasteiger partial charge in [0.25, 0.3) is 5.67 Å². The number of carbonyl (C=O) groups excluding carboxylic acids is 3. The van der Waals surface area contributed by atoms with E-state index in [0.29, 0.717) is 25.8 Å². The summed E-state index contributed by atoms with van der Waals surface area (Å²) in [5.41, 5.74) is 3.20. The number of ketones is 1. The van der Waals surface area contributed by atoms with E-state index in [1.54, 1.807) is 25.2 Å². The van der Waals surface area contributed by atoms with Crippen molar-refractivity contribution in [2.45, 2.75) is 154 Å². The summed E-state index contributed by atoms with van der Waals surface area (Å²) in [5.74, 6) is -4.67. The van der Waals surface area contributed by atoms with Crippen LogP contribution in [0.3, 0.4) is 0 Å². The molecular formula is C44H68FN5O9. The van der Waals surface area contributed by atoms with Crippen LogP contribution in [0.25, 0.3) is 10.9 Å². The first-order valence-corrected chi connectivity index (χ1v) is 21.1. The lowest BCUT2D eigenvalue weighted by Crippen LogP contribution is -2.63. The molecule has 1 aromatic heterocycles. The molecule has 0 bridgehead atoms. The van der Waals surface area contributed by atoms with Gasteiger partial charge in [-0.3, -0.25) is 9.78 Å². The van der Waals surface area contributed by atoms with E-state index < -0.39 is 83.2 Å². The number of aliphatic hydroxyl groups excluding tert-OH is 1. The standard InChI is InChI=1S/C44H68FN5O9/c1-13-49(12)50-36-27(4)34(46)25(2)24-42(7,55-22-16-17-30-20-21-47-32-19-15-14-18-31(30)32)38(58-39-35(51)33(48(10)11)23-26(3)56-39)28(5)37(52)43(8,45)40(53)57-29(6)44(36,9)59-41(50)54/h14-15,18-21,25-29,33-36,38-39,51H,13,16-17,22-24,46H2,1-12H3/t25-,26-,27+,28+,29-,33+,34?,35-,36-,38-,39+,42+,43?,44-/m1/s1. The molecule has 0 spiro atoms. The number of aryl methyl sites for hydroxylation is 1. The van der Waals surface area contributed by atoms with Gasteiger partial charge in [0.1, 0.15) is 12.2 Å². The molecule has 59 heavy (non-hydrogen) atoms. The molecule has 0 aliphatic carbocycles. The summed E-state index contributed by atoms with van der Waals surface area (Å²) in [5, 5.41) is 15.9. The first kappa shape index (κ1) is 46.8. The number of fused-ring (bicyclic) bond motifs is 2. The zero-order chi connectivity index (χ0) is 43.8. The van der Waals surface area contributed by atoms with Gasteiger partial charge in [0.2, 0.25) is 0 Å². The number of cyclic esters (lactones) is 1. The molecule has 15 heteroatoms.